The number of nitrogens with zero attached hydrogens (tertiary/aromatic N) is 3. The van der Waals surface area contributed by atoms with Gasteiger partial charge in [-0.25, -0.2) is 19.2 Å². The summed E-state index contributed by atoms with van der Waals surface area (Å²) in [5, 5.41) is 10.7. The molecule has 0 spiro atoms. The largest absolute Gasteiger partial charge is 0.491 e. The number of rotatable bonds is 9. The standard InChI is InChI=1S/C32H40F3N3O5/c1-18(21-10-9-11-24(27(21)33)32(34,35)31(6,7)40)28-23-15-26(42-13-12-41-8)22(14-25(23)36-19(2)37-28)20-16-38(17-20)29(39)43-30(3,4)5/h9-11,14-15,18,20,40H,12-13,16-17H2,1-8H3/t18-/m1/s1. The van der Waals surface area contributed by atoms with Crippen LogP contribution < -0.4 is 4.74 Å². The number of carbonyl (C=O) groups excluding carboxylic acids is 1. The summed E-state index contributed by atoms with van der Waals surface area (Å²) < 4.78 is 62.5. The topological polar surface area (TPSA) is 94.0 Å². The van der Waals surface area contributed by atoms with Gasteiger partial charge in [-0.15, -0.1) is 0 Å². The van der Waals surface area contributed by atoms with E-state index in [4.69, 9.17) is 14.2 Å². The van der Waals surface area contributed by atoms with Crippen LogP contribution in [0, 0.1) is 12.7 Å². The Hall–Kier alpha value is -3.44. The van der Waals surface area contributed by atoms with Gasteiger partial charge in [0.05, 0.1) is 23.4 Å². The Balaban J connectivity index is 1.76. The van der Waals surface area contributed by atoms with Crippen LogP contribution >= 0.6 is 0 Å². The van der Waals surface area contributed by atoms with E-state index in [0.29, 0.717) is 47.9 Å². The van der Waals surface area contributed by atoms with Crippen LogP contribution in [0.2, 0.25) is 0 Å². The summed E-state index contributed by atoms with van der Waals surface area (Å²) in [6.45, 7) is 12.2. The molecule has 1 saturated heterocycles. The number of aromatic nitrogens is 2. The fourth-order valence-corrected chi connectivity index (χ4v) is 5.08. The van der Waals surface area contributed by atoms with E-state index in [2.05, 4.69) is 9.97 Å². The van der Waals surface area contributed by atoms with Crippen molar-refractivity contribution in [2.45, 2.75) is 77.4 Å². The molecule has 4 rings (SSSR count). The van der Waals surface area contributed by atoms with Gasteiger partial charge >= 0.3 is 12.0 Å². The molecule has 2 aromatic carbocycles. The van der Waals surface area contributed by atoms with Crippen molar-refractivity contribution in [3.63, 3.8) is 0 Å². The monoisotopic (exact) mass is 603 g/mol. The Kier molecular flexibility index (Phi) is 9.00. The molecule has 1 fully saturated rings. The van der Waals surface area contributed by atoms with E-state index in [1.54, 1.807) is 31.9 Å². The van der Waals surface area contributed by atoms with E-state index < -0.39 is 34.4 Å². The Bertz CT molecular complexity index is 1490. The summed E-state index contributed by atoms with van der Waals surface area (Å²) >= 11 is 0. The molecular formula is C32H40F3N3O5. The average Bonchev–Trinajstić information content (AvgIpc) is 2.85. The number of amides is 1. The lowest BCUT2D eigenvalue weighted by Crippen LogP contribution is -2.50. The van der Waals surface area contributed by atoms with Gasteiger partial charge < -0.3 is 24.2 Å². The van der Waals surface area contributed by atoms with Crippen molar-refractivity contribution in [3.05, 3.63) is 64.4 Å². The van der Waals surface area contributed by atoms with Gasteiger partial charge in [-0.1, -0.05) is 19.1 Å². The minimum absolute atomic E-state index is 0.0127. The lowest BCUT2D eigenvalue weighted by atomic mass is 9.86. The number of aryl methyl sites for hydroxylation is 1. The molecule has 43 heavy (non-hydrogen) atoms. The van der Waals surface area contributed by atoms with Gasteiger partial charge in [0, 0.05) is 43.0 Å². The molecule has 1 N–H and O–H groups in total. The van der Waals surface area contributed by atoms with Crippen LogP contribution in [0.25, 0.3) is 10.9 Å². The molecule has 1 atom stereocenters. The highest BCUT2D eigenvalue weighted by Crippen LogP contribution is 2.43. The van der Waals surface area contributed by atoms with E-state index in [-0.39, 0.29) is 24.2 Å². The maximum Gasteiger partial charge on any atom is 0.410 e. The van der Waals surface area contributed by atoms with E-state index in [9.17, 15) is 9.90 Å². The SMILES string of the molecule is COCCOc1cc2c([C@H](C)c3cccc(C(F)(F)C(C)(C)O)c3F)nc(C)nc2cc1C1CN(C(=O)OC(C)(C)C)C1. The number of methoxy groups -OCH3 is 1. The third kappa shape index (κ3) is 6.72. The second kappa shape index (κ2) is 11.9. The first-order valence-electron chi connectivity index (χ1n) is 14.3. The van der Waals surface area contributed by atoms with Crippen LogP contribution in [0.15, 0.2) is 30.3 Å². The van der Waals surface area contributed by atoms with Crippen LogP contribution in [-0.4, -0.2) is 70.7 Å². The maximum atomic E-state index is 15.7. The van der Waals surface area contributed by atoms with Crippen molar-refractivity contribution in [2.75, 3.05) is 33.4 Å². The number of likely N-dealkylation sites (tertiary alicyclic amines) is 1. The van der Waals surface area contributed by atoms with Gasteiger partial charge in [0.15, 0.2) is 0 Å². The maximum absolute atomic E-state index is 15.7. The van der Waals surface area contributed by atoms with Crippen molar-refractivity contribution < 1.29 is 37.3 Å². The van der Waals surface area contributed by atoms with Crippen LogP contribution in [0.4, 0.5) is 18.0 Å². The average molecular weight is 604 g/mol. The third-order valence-corrected chi connectivity index (χ3v) is 7.50. The van der Waals surface area contributed by atoms with Crippen molar-refractivity contribution in [3.8, 4) is 5.75 Å². The highest BCUT2D eigenvalue weighted by Gasteiger charge is 2.49. The van der Waals surface area contributed by atoms with Crippen LogP contribution in [0.3, 0.4) is 0 Å². The molecule has 3 aromatic rings. The van der Waals surface area contributed by atoms with Gasteiger partial charge in [0.25, 0.3) is 0 Å². The summed E-state index contributed by atoms with van der Waals surface area (Å²) in [4.78, 5) is 23.4. The lowest BCUT2D eigenvalue weighted by Gasteiger charge is -2.40. The normalized spacial score (nSPS) is 15.4. The molecule has 8 nitrogen and oxygen atoms in total. The lowest BCUT2D eigenvalue weighted by molar-refractivity contribution is -0.170. The zero-order valence-electron chi connectivity index (χ0n) is 25.9. The number of alkyl halides is 2. The quantitative estimate of drug-likeness (QED) is 0.281. The van der Waals surface area contributed by atoms with Gasteiger partial charge in [-0.05, 0) is 65.3 Å². The van der Waals surface area contributed by atoms with Crippen molar-refractivity contribution in [1.29, 1.82) is 0 Å². The molecule has 234 valence electrons. The van der Waals surface area contributed by atoms with Crippen LogP contribution in [0.1, 0.15) is 81.6 Å². The van der Waals surface area contributed by atoms with Gasteiger partial charge in [-0.2, -0.15) is 8.78 Å². The molecule has 0 aliphatic carbocycles. The van der Waals surface area contributed by atoms with Gasteiger partial charge in [0.2, 0.25) is 0 Å². The van der Waals surface area contributed by atoms with Crippen molar-refractivity contribution in [2.24, 2.45) is 0 Å². The number of fused-ring (bicyclic) bond motifs is 1. The first kappa shape index (κ1) is 32.5. The molecular weight excluding hydrogens is 563 g/mol. The number of benzene rings is 2. The first-order valence-corrected chi connectivity index (χ1v) is 14.3. The molecule has 1 aliphatic heterocycles. The Morgan fingerprint density at radius 1 is 1.12 bits per heavy atom. The minimum atomic E-state index is -3.83. The summed E-state index contributed by atoms with van der Waals surface area (Å²) in [7, 11) is 1.57. The zero-order chi connectivity index (χ0) is 31.9. The molecule has 1 amide bonds. The molecule has 1 aromatic heterocycles. The highest BCUT2D eigenvalue weighted by atomic mass is 19.3. The fraction of sp³-hybridized carbons (Fsp3) is 0.531. The summed E-state index contributed by atoms with van der Waals surface area (Å²) in [6.07, 6.45) is -0.389. The molecule has 0 radical (unpaired) electrons. The van der Waals surface area contributed by atoms with E-state index in [1.807, 2.05) is 26.8 Å². The Morgan fingerprint density at radius 2 is 1.79 bits per heavy atom. The molecule has 0 saturated carbocycles. The number of halogens is 3. The van der Waals surface area contributed by atoms with E-state index in [1.165, 1.54) is 12.1 Å². The minimum Gasteiger partial charge on any atom is -0.491 e. The van der Waals surface area contributed by atoms with Crippen LogP contribution in [0.5, 0.6) is 5.75 Å². The van der Waals surface area contributed by atoms with Gasteiger partial charge in [0.1, 0.15) is 35.2 Å². The molecule has 1 aliphatic rings. The number of carbonyl (C=O) groups is 1. The van der Waals surface area contributed by atoms with Gasteiger partial charge in [-0.3, -0.25) is 0 Å². The third-order valence-electron chi connectivity index (χ3n) is 7.50. The summed E-state index contributed by atoms with van der Waals surface area (Å²) in [6, 6.07) is 7.45. The van der Waals surface area contributed by atoms with E-state index >= 15 is 13.2 Å². The van der Waals surface area contributed by atoms with Crippen molar-refractivity contribution >= 4 is 17.0 Å². The molecule has 11 heteroatoms. The summed E-state index contributed by atoms with van der Waals surface area (Å²) in [5.74, 6) is -4.74. The predicted molar refractivity (Wildman–Crippen MR) is 156 cm³/mol. The zero-order valence-corrected chi connectivity index (χ0v) is 25.9. The summed E-state index contributed by atoms with van der Waals surface area (Å²) in [5.41, 5.74) is -2.08. The second-order valence-electron chi connectivity index (χ2n) is 12.6. The number of ether oxygens (including phenoxy) is 3. The molecule has 0 unspecified atom stereocenters. The highest BCUT2D eigenvalue weighted by molar-refractivity contribution is 5.85. The number of hydrogen-bond acceptors (Lipinski definition) is 7. The molecule has 0 bridgehead atoms. The molecule has 2 heterocycles. The van der Waals surface area contributed by atoms with E-state index in [0.717, 1.165) is 25.5 Å². The Labute approximate surface area is 250 Å². The Morgan fingerprint density at radius 3 is 2.40 bits per heavy atom. The second-order valence-corrected chi connectivity index (χ2v) is 12.6. The first-order chi connectivity index (χ1) is 19.9. The van der Waals surface area contributed by atoms with Crippen LogP contribution in [-0.2, 0) is 15.4 Å². The fourth-order valence-electron chi connectivity index (χ4n) is 5.08. The number of hydrogen-bond donors (Lipinski definition) is 1. The smallest absolute Gasteiger partial charge is 0.410 e. The number of aliphatic hydroxyl groups is 1. The predicted octanol–water partition coefficient (Wildman–Crippen LogP) is 6.45. The van der Waals surface area contributed by atoms with Crippen molar-refractivity contribution in [1.82, 2.24) is 14.9 Å².